The minimum atomic E-state index is -0.296. The van der Waals surface area contributed by atoms with Crippen molar-refractivity contribution >= 4 is 11.7 Å². The van der Waals surface area contributed by atoms with Gasteiger partial charge in [-0.2, -0.15) is 0 Å². The zero-order chi connectivity index (χ0) is 15.1. The van der Waals surface area contributed by atoms with Crippen molar-refractivity contribution in [3.8, 4) is 11.5 Å². The van der Waals surface area contributed by atoms with Crippen molar-refractivity contribution in [3.05, 3.63) is 66.7 Å². The minimum Gasteiger partial charge on any atom is -0.455 e. The van der Waals surface area contributed by atoms with E-state index in [-0.39, 0.29) is 6.03 Å². The molecule has 0 spiro atoms. The minimum absolute atomic E-state index is 0.296. The van der Waals surface area contributed by atoms with Gasteiger partial charge in [-0.1, -0.05) is 30.3 Å². The molecule has 0 aliphatic rings. The summed E-state index contributed by atoms with van der Waals surface area (Å²) in [6.07, 6.45) is 1.62. The van der Waals surface area contributed by atoms with Crippen LogP contribution in [0, 0.1) is 6.92 Å². The Morgan fingerprint density at radius 1 is 1.24 bits per heavy atom. The summed E-state index contributed by atoms with van der Waals surface area (Å²) in [4.78, 5) is 11.7. The molecule has 0 fully saturated rings. The molecule has 2 aromatic rings. The Balaban J connectivity index is 2.13. The first-order chi connectivity index (χ1) is 10.2. The van der Waals surface area contributed by atoms with Gasteiger partial charge in [0.1, 0.15) is 5.75 Å². The molecule has 4 nitrogen and oxygen atoms in total. The van der Waals surface area contributed by atoms with Crippen molar-refractivity contribution < 1.29 is 9.53 Å². The van der Waals surface area contributed by atoms with Crippen molar-refractivity contribution in [1.82, 2.24) is 5.32 Å². The van der Waals surface area contributed by atoms with Gasteiger partial charge in [-0.05, 0) is 36.8 Å². The Kier molecular flexibility index (Phi) is 4.99. The molecule has 0 radical (unpaired) electrons. The molecule has 0 aliphatic carbocycles. The summed E-state index contributed by atoms with van der Waals surface area (Å²) in [6, 6.07) is 14.7. The van der Waals surface area contributed by atoms with E-state index in [1.807, 2.05) is 49.4 Å². The molecule has 0 unspecified atom stereocenters. The molecule has 0 saturated carbocycles. The summed E-state index contributed by atoms with van der Waals surface area (Å²) < 4.78 is 5.83. The maximum atomic E-state index is 11.7. The molecule has 0 aromatic heterocycles. The molecule has 0 heterocycles. The van der Waals surface area contributed by atoms with E-state index in [0.717, 1.165) is 11.3 Å². The predicted molar refractivity (Wildman–Crippen MR) is 84.9 cm³/mol. The van der Waals surface area contributed by atoms with Crippen LogP contribution in [-0.2, 0) is 0 Å². The fraction of sp³-hybridized carbons (Fsp3) is 0.118. The molecule has 108 valence electrons. The van der Waals surface area contributed by atoms with E-state index < -0.39 is 0 Å². The number of amides is 2. The van der Waals surface area contributed by atoms with Crippen molar-refractivity contribution in [2.75, 3.05) is 11.9 Å². The lowest BCUT2D eigenvalue weighted by Crippen LogP contribution is -2.28. The van der Waals surface area contributed by atoms with Gasteiger partial charge in [0.2, 0.25) is 0 Å². The Morgan fingerprint density at radius 3 is 2.81 bits per heavy atom. The number of benzene rings is 2. The summed E-state index contributed by atoms with van der Waals surface area (Å²) in [5, 5.41) is 5.41. The Hall–Kier alpha value is -2.75. The smallest absolute Gasteiger partial charge is 0.319 e. The summed E-state index contributed by atoms with van der Waals surface area (Å²) in [5.74, 6) is 1.33. The molecule has 2 aromatic carbocycles. The summed E-state index contributed by atoms with van der Waals surface area (Å²) in [5.41, 5.74) is 1.72. The largest absolute Gasteiger partial charge is 0.455 e. The molecule has 0 saturated heterocycles. The molecule has 2 amide bonds. The van der Waals surface area contributed by atoms with Crippen molar-refractivity contribution in [3.63, 3.8) is 0 Å². The van der Waals surface area contributed by atoms with Crippen LogP contribution in [0.4, 0.5) is 10.5 Å². The third-order valence-electron chi connectivity index (χ3n) is 2.76. The average Bonchev–Trinajstić information content (AvgIpc) is 2.47. The highest BCUT2D eigenvalue weighted by molar-refractivity contribution is 5.91. The van der Waals surface area contributed by atoms with Gasteiger partial charge in [-0.25, -0.2) is 4.79 Å². The number of carbonyl (C=O) groups is 1. The van der Waals surface area contributed by atoms with Gasteiger partial charge < -0.3 is 15.4 Å². The SMILES string of the molecule is C=CCNC(=O)Nc1ccccc1Oc1cccc(C)c1. The molecule has 0 bridgehead atoms. The highest BCUT2D eigenvalue weighted by atomic mass is 16.5. The lowest BCUT2D eigenvalue weighted by atomic mass is 10.2. The number of rotatable bonds is 5. The maximum Gasteiger partial charge on any atom is 0.319 e. The highest BCUT2D eigenvalue weighted by Gasteiger charge is 2.07. The van der Waals surface area contributed by atoms with E-state index in [0.29, 0.717) is 18.0 Å². The molecule has 21 heavy (non-hydrogen) atoms. The summed E-state index contributed by atoms with van der Waals surface area (Å²) in [6.45, 7) is 5.96. The van der Waals surface area contributed by atoms with E-state index in [1.165, 1.54) is 0 Å². The van der Waals surface area contributed by atoms with Crippen LogP contribution in [0.25, 0.3) is 0 Å². The monoisotopic (exact) mass is 282 g/mol. The van der Waals surface area contributed by atoms with Gasteiger partial charge in [0.25, 0.3) is 0 Å². The number of ether oxygens (including phenoxy) is 1. The fourth-order valence-electron chi connectivity index (χ4n) is 1.80. The van der Waals surface area contributed by atoms with E-state index >= 15 is 0 Å². The molecule has 2 N–H and O–H groups in total. The summed E-state index contributed by atoms with van der Waals surface area (Å²) >= 11 is 0. The third kappa shape index (κ3) is 4.38. The van der Waals surface area contributed by atoms with Crippen LogP contribution in [0.3, 0.4) is 0 Å². The van der Waals surface area contributed by atoms with Crippen LogP contribution >= 0.6 is 0 Å². The van der Waals surface area contributed by atoms with E-state index in [2.05, 4.69) is 17.2 Å². The second kappa shape index (κ2) is 7.14. The van der Waals surface area contributed by atoms with Crippen LogP contribution in [0.2, 0.25) is 0 Å². The zero-order valence-electron chi connectivity index (χ0n) is 11.9. The topological polar surface area (TPSA) is 50.4 Å². The third-order valence-corrected chi connectivity index (χ3v) is 2.76. The van der Waals surface area contributed by atoms with Crippen molar-refractivity contribution in [1.29, 1.82) is 0 Å². The van der Waals surface area contributed by atoms with Crippen LogP contribution in [0.15, 0.2) is 61.2 Å². The number of aryl methyl sites for hydroxylation is 1. The van der Waals surface area contributed by atoms with Gasteiger partial charge >= 0.3 is 6.03 Å². The zero-order valence-corrected chi connectivity index (χ0v) is 11.9. The standard InChI is InChI=1S/C17H18N2O2/c1-3-11-18-17(20)19-15-9-4-5-10-16(15)21-14-8-6-7-13(2)12-14/h3-10,12H,1,11H2,2H3,(H2,18,19,20). The molecule has 0 atom stereocenters. The van der Waals surface area contributed by atoms with Crippen molar-refractivity contribution in [2.45, 2.75) is 6.92 Å². The lowest BCUT2D eigenvalue weighted by Gasteiger charge is -2.12. The number of urea groups is 1. The molecular weight excluding hydrogens is 264 g/mol. The first-order valence-corrected chi connectivity index (χ1v) is 6.68. The maximum absolute atomic E-state index is 11.7. The number of hydrogen-bond donors (Lipinski definition) is 2. The van der Waals surface area contributed by atoms with Crippen LogP contribution in [0.1, 0.15) is 5.56 Å². The van der Waals surface area contributed by atoms with E-state index in [9.17, 15) is 4.79 Å². The second-order valence-corrected chi connectivity index (χ2v) is 4.54. The number of hydrogen-bond acceptors (Lipinski definition) is 2. The lowest BCUT2D eigenvalue weighted by molar-refractivity contribution is 0.253. The molecule has 0 aliphatic heterocycles. The van der Waals surface area contributed by atoms with Gasteiger partial charge in [0.15, 0.2) is 5.75 Å². The van der Waals surface area contributed by atoms with E-state index in [1.54, 1.807) is 12.1 Å². The summed E-state index contributed by atoms with van der Waals surface area (Å²) in [7, 11) is 0. The molecular formula is C17H18N2O2. The fourth-order valence-corrected chi connectivity index (χ4v) is 1.80. The first-order valence-electron chi connectivity index (χ1n) is 6.68. The number of anilines is 1. The van der Waals surface area contributed by atoms with Gasteiger partial charge in [-0.3, -0.25) is 0 Å². The van der Waals surface area contributed by atoms with E-state index in [4.69, 9.17) is 4.74 Å². The van der Waals surface area contributed by atoms with Gasteiger partial charge in [0.05, 0.1) is 5.69 Å². The quantitative estimate of drug-likeness (QED) is 0.811. The number of carbonyl (C=O) groups excluding carboxylic acids is 1. The van der Waals surface area contributed by atoms with Crippen LogP contribution < -0.4 is 15.4 Å². The molecule has 2 rings (SSSR count). The average molecular weight is 282 g/mol. The number of para-hydroxylation sites is 2. The predicted octanol–water partition coefficient (Wildman–Crippen LogP) is 4.09. The first kappa shape index (κ1) is 14.7. The Bertz CT molecular complexity index is 638. The number of nitrogens with one attached hydrogen (secondary N) is 2. The van der Waals surface area contributed by atoms with Gasteiger partial charge in [-0.15, -0.1) is 6.58 Å². The Labute approximate surface area is 124 Å². The second-order valence-electron chi connectivity index (χ2n) is 4.54. The van der Waals surface area contributed by atoms with Crippen LogP contribution in [-0.4, -0.2) is 12.6 Å². The molecule has 4 heteroatoms. The highest BCUT2D eigenvalue weighted by Crippen LogP contribution is 2.29. The van der Waals surface area contributed by atoms with Gasteiger partial charge in [0, 0.05) is 6.54 Å². The Morgan fingerprint density at radius 2 is 2.05 bits per heavy atom. The normalized spacial score (nSPS) is 9.76. The van der Waals surface area contributed by atoms with Crippen molar-refractivity contribution in [2.24, 2.45) is 0 Å². The van der Waals surface area contributed by atoms with Crippen LogP contribution in [0.5, 0.6) is 11.5 Å².